The third-order valence-electron chi connectivity index (χ3n) is 5.09. The molecule has 0 spiro atoms. The van der Waals surface area contributed by atoms with Gasteiger partial charge >= 0.3 is 6.18 Å². The molecule has 3 rings (SSSR count). The van der Waals surface area contributed by atoms with Crippen molar-refractivity contribution >= 4 is 15.9 Å². The predicted octanol–water partition coefficient (Wildman–Crippen LogP) is 3.68. The Morgan fingerprint density at radius 2 is 1.75 bits per heavy atom. The fourth-order valence-corrected chi connectivity index (χ4v) is 4.80. The zero-order chi connectivity index (χ0) is 23.4. The lowest BCUT2D eigenvalue weighted by atomic mass is 10.1. The number of halogens is 4. The Bertz CT molecular complexity index is 1030. The summed E-state index contributed by atoms with van der Waals surface area (Å²) >= 11 is 0. The summed E-state index contributed by atoms with van der Waals surface area (Å²) in [6.07, 6.45) is -3.97. The van der Waals surface area contributed by atoms with Gasteiger partial charge in [0.05, 0.1) is 16.6 Å². The van der Waals surface area contributed by atoms with E-state index in [1.165, 1.54) is 12.1 Å². The Balaban J connectivity index is 1.47. The zero-order valence-corrected chi connectivity index (χ0v) is 17.8. The first-order valence-corrected chi connectivity index (χ1v) is 11.4. The molecule has 0 unspecified atom stereocenters. The Labute approximate surface area is 183 Å². The Hall–Kier alpha value is -2.50. The van der Waals surface area contributed by atoms with E-state index in [2.05, 4.69) is 5.48 Å². The summed E-state index contributed by atoms with van der Waals surface area (Å²) in [6.45, 7) is 0.101. The Morgan fingerprint density at radius 1 is 1.09 bits per heavy atom. The van der Waals surface area contributed by atoms with Gasteiger partial charge in [-0.05, 0) is 55.2 Å². The number of hydrogen-bond acceptors (Lipinski definition) is 4. The highest BCUT2D eigenvalue weighted by molar-refractivity contribution is 7.89. The van der Waals surface area contributed by atoms with Crippen molar-refractivity contribution in [2.45, 2.75) is 42.9 Å². The van der Waals surface area contributed by atoms with E-state index >= 15 is 0 Å². The maximum absolute atomic E-state index is 12.9. The van der Waals surface area contributed by atoms with E-state index in [4.69, 9.17) is 4.84 Å². The van der Waals surface area contributed by atoms with Crippen LogP contribution in [0.3, 0.4) is 0 Å². The van der Waals surface area contributed by atoms with Gasteiger partial charge in [-0.25, -0.2) is 18.3 Å². The molecular formula is C21H22F4N2O4S. The molecule has 1 fully saturated rings. The fourth-order valence-electron chi connectivity index (χ4n) is 3.28. The van der Waals surface area contributed by atoms with E-state index in [9.17, 15) is 30.8 Å². The van der Waals surface area contributed by atoms with Crippen LogP contribution in [0.4, 0.5) is 17.6 Å². The number of carbonyl (C=O) groups is 1. The van der Waals surface area contributed by atoms with Crippen LogP contribution in [-0.4, -0.2) is 37.8 Å². The molecule has 1 N–H and O–H groups in total. The molecule has 32 heavy (non-hydrogen) atoms. The lowest BCUT2D eigenvalue weighted by Crippen LogP contribution is -2.43. The van der Waals surface area contributed by atoms with Crippen LogP contribution >= 0.6 is 0 Å². The zero-order valence-electron chi connectivity index (χ0n) is 16.9. The molecule has 1 aliphatic heterocycles. The first-order chi connectivity index (χ1) is 15.1. The summed E-state index contributed by atoms with van der Waals surface area (Å²) in [6, 6.07) is 9.43. The van der Waals surface area contributed by atoms with Crippen molar-refractivity contribution in [2.75, 3.05) is 13.1 Å². The van der Waals surface area contributed by atoms with Crippen molar-refractivity contribution in [3.63, 3.8) is 0 Å². The number of aryl methyl sites for hydroxylation is 1. The first-order valence-electron chi connectivity index (χ1n) is 9.92. The maximum atomic E-state index is 12.9. The Morgan fingerprint density at radius 3 is 2.38 bits per heavy atom. The average Bonchev–Trinajstić information content (AvgIpc) is 2.77. The van der Waals surface area contributed by atoms with Crippen LogP contribution in [0.25, 0.3) is 0 Å². The van der Waals surface area contributed by atoms with Crippen LogP contribution in [0.2, 0.25) is 0 Å². The molecule has 0 atom stereocenters. The average molecular weight is 474 g/mol. The minimum Gasteiger partial charge on any atom is -0.273 e. The second kappa shape index (κ2) is 9.97. The standard InChI is InChI=1S/C21H22F4N2O4S/c22-17-7-4-15(5-8-17)6-9-20(28)26-31-18-10-12-27(13-11-18)32(29,30)19-3-1-2-16(14-19)21(23,24)25/h1-5,7-8,14,18H,6,9-13H2,(H,26,28). The van der Waals surface area contributed by atoms with Gasteiger partial charge in [-0.3, -0.25) is 9.63 Å². The van der Waals surface area contributed by atoms with Crippen LogP contribution in [0.15, 0.2) is 53.4 Å². The van der Waals surface area contributed by atoms with Crippen LogP contribution in [0, 0.1) is 5.82 Å². The number of rotatable bonds is 7. The summed E-state index contributed by atoms with van der Waals surface area (Å²) in [7, 11) is -4.08. The number of hydrogen-bond donors (Lipinski definition) is 1. The molecule has 2 aromatic rings. The largest absolute Gasteiger partial charge is 0.416 e. The van der Waals surface area contributed by atoms with Crippen molar-refractivity contribution < 1.29 is 35.6 Å². The number of carbonyl (C=O) groups excluding carboxylic acids is 1. The molecule has 11 heteroatoms. The SMILES string of the molecule is O=C(CCc1ccc(F)cc1)NOC1CCN(S(=O)(=O)c2cccc(C(F)(F)F)c2)CC1. The van der Waals surface area contributed by atoms with Gasteiger partial charge < -0.3 is 0 Å². The third-order valence-corrected chi connectivity index (χ3v) is 6.99. The first kappa shape index (κ1) is 24.1. The number of piperidine rings is 1. The summed E-state index contributed by atoms with van der Waals surface area (Å²) in [5, 5.41) is 0. The highest BCUT2D eigenvalue weighted by Gasteiger charge is 2.34. The lowest BCUT2D eigenvalue weighted by Gasteiger charge is -2.30. The van der Waals surface area contributed by atoms with Gasteiger partial charge in [-0.2, -0.15) is 17.5 Å². The number of sulfonamides is 1. The summed E-state index contributed by atoms with van der Waals surface area (Å²) in [5.74, 6) is -0.726. The van der Waals surface area contributed by atoms with E-state index in [1.54, 1.807) is 12.1 Å². The predicted molar refractivity (Wildman–Crippen MR) is 107 cm³/mol. The maximum Gasteiger partial charge on any atom is 0.416 e. The van der Waals surface area contributed by atoms with Crippen molar-refractivity contribution in [1.29, 1.82) is 0 Å². The summed E-state index contributed by atoms with van der Waals surface area (Å²) in [4.78, 5) is 16.9. The molecule has 1 heterocycles. The van der Waals surface area contributed by atoms with Crippen molar-refractivity contribution in [2.24, 2.45) is 0 Å². The molecule has 0 aromatic heterocycles. The Kier molecular flexibility index (Phi) is 7.52. The highest BCUT2D eigenvalue weighted by atomic mass is 32.2. The monoisotopic (exact) mass is 474 g/mol. The fraction of sp³-hybridized carbons (Fsp3) is 0.381. The minimum atomic E-state index is -4.64. The van der Waals surface area contributed by atoms with Gasteiger partial charge in [-0.15, -0.1) is 0 Å². The van der Waals surface area contributed by atoms with Gasteiger partial charge in [0.15, 0.2) is 0 Å². The molecule has 2 aromatic carbocycles. The van der Waals surface area contributed by atoms with Gasteiger partial charge in [0.25, 0.3) is 0 Å². The normalized spacial score (nSPS) is 16.1. The molecule has 0 aliphatic carbocycles. The van der Waals surface area contributed by atoms with Gasteiger partial charge in [-0.1, -0.05) is 18.2 Å². The van der Waals surface area contributed by atoms with Gasteiger partial charge in [0, 0.05) is 19.5 Å². The van der Waals surface area contributed by atoms with Crippen molar-refractivity contribution in [3.05, 3.63) is 65.5 Å². The molecule has 1 amide bonds. The van der Waals surface area contributed by atoms with E-state index < -0.39 is 32.8 Å². The molecule has 1 saturated heterocycles. The third kappa shape index (κ3) is 6.27. The number of hydroxylamine groups is 1. The summed E-state index contributed by atoms with van der Waals surface area (Å²) < 4.78 is 78.1. The van der Waals surface area contributed by atoms with Crippen LogP contribution in [-0.2, 0) is 32.3 Å². The number of nitrogens with zero attached hydrogens (tertiary/aromatic N) is 1. The molecular weight excluding hydrogens is 452 g/mol. The smallest absolute Gasteiger partial charge is 0.273 e. The van der Waals surface area contributed by atoms with Crippen LogP contribution in [0.1, 0.15) is 30.4 Å². The van der Waals surface area contributed by atoms with E-state index in [-0.39, 0.29) is 44.1 Å². The quantitative estimate of drug-likeness (QED) is 0.491. The number of benzene rings is 2. The molecule has 0 radical (unpaired) electrons. The summed E-state index contributed by atoms with van der Waals surface area (Å²) in [5.41, 5.74) is 2.11. The molecule has 1 aliphatic rings. The second-order valence-corrected chi connectivity index (χ2v) is 9.34. The lowest BCUT2D eigenvalue weighted by molar-refractivity contribution is -0.140. The molecule has 6 nitrogen and oxygen atoms in total. The van der Waals surface area contributed by atoms with Gasteiger partial charge in [0.1, 0.15) is 5.82 Å². The molecule has 0 bridgehead atoms. The minimum absolute atomic E-state index is 0.0503. The van der Waals surface area contributed by atoms with Crippen LogP contribution < -0.4 is 5.48 Å². The number of alkyl halides is 3. The molecule has 174 valence electrons. The van der Waals surface area contributed by atoms with Gasteiger partial charge in [0.2, 0.25) is 15.9 Å². The number of amides is 1. The van der Waals surface area contributed by atoms with E-state index in [0.717, 1.165) is 28.1 Å². The highest BCUT2D eigenvalue weighted by Crippen LogP contribution is 2.31. The van der Waals surface area contributed by atoms with Crippen molar-refractivity contribution in [1.82, 2.24) is 9.79 Å². The molecule has 0 saturated carbocycles. The van der Waals surface area contributed by atoms with E-state index in [0.29, 0.717) is 12.5 Å². The van der Waals surface area contributed by atoms with Crippen LogP contribution in [0.5, 0.6) is 0 Å². The van der Waals surface area contributed by atoms with E-state index in [1.807, 2.05) is 0 Å². The second-order valence-electron chi connectivity index (χ2n) is 7.40. The van der Waals surface area contributed by atoms with Crippen molar-refractivity contribution in [3.8, 4) is 0 Å². The number of nitrogens with one attached hydrogen (secondary N) is 1. The topological polar surface area (TPSA) is 75.7 Å².